The molecule has 4 heterocycles. The molecule has 1 fully saturated rings. The molecular formula is C26H29F2N7. The van der Waals surface area contributed by atoms with Crippen LogP contribution >= 0.6 is 0 Å². The van der Waals surface area contributed by atoms with Crippen molar-refractivity contribution in [2.24, 2.45) is 5.92 Å². The van der Waals surface area contributed by atoms with Crippen LogP contribution in [-0.2, 0) is 13.1 Å². The summed E-state index contributed by atoms with van der Waals surface area (Å²) in [4.78, 5) is 10.9. The van der Waals surface area contributed by atoms with Crippen LogP contribution in [0.15, 0.2) is 36.4 Å². The summed E-state index contributed by atoms with van der Waals surface area (Å²) in [5.74, 6) is 0.216. The van der Waals surface area contributed by atoms with E-state index >= 15 is 0 Å². The van der Waals surface area contributed by atoms with Gasteiger partial charge < -0.3 is 16.0 Å². The minimum atomic E-state index is -0.607. The highest BCUT2D eigenvalue weighted by atomic mass is 19.1. The van der Waals surface area contributed by atoms with Crippen LogP contribution in [0.5, 0.6) is 0 Å². The molecule has 0 radical (unpaired) electrons. The number of anilines is 1. The smallest absolute Gasteiger partial charge is 0.159 e. The lowest BCUT2D eigenvalue weighted by atomic mass is 9.98. The summed E-state index contributed by atoms with van der Waals surface area (Å²) in [6.07, 6.45) is 2.45. The SMILES string of the molecule is CC(c1cc(F)cc(F)c1)n1nc(-c2nc3c([nH]2)CN(CC2CCNCC2)C3)c2cc(N)ccc21. The standard InChI is InChI=1S/C26H29F2N7/c1-15(17-8-18(27)10-19(28)9-17)35-24-3-2-20(29)11-21(24)25(33-35)26-31-22-13-34(14-23(22)32-26)12-16-4-6-30-7-5-16/h2-3,8-11,15-16,30H,4-7,12-14,29H2,1H3,(H,31,32). The van der Waals surface area contributed by atoms with Crippen LogP contribution in [0.1, 0.15) is 42.8 Å². The molecule has 1 saturated heterocycles. The number of piperidine rings is 1. The molecule has 2 aliphatic rings. The second-order valence-corrected chi connectivity index (χ2v) is 9.82. The lowest BCUT2D eigenvalue weighted by molar-refractivity contribution is 0.206. The first-order chi connectivity index (χ1) is 16.9. The van der Waals surface area contributed by atoms with Gasteiger partial charge in [-0.25, -0.2) is 13.8 Å². The first-order valence-corrected chi connectivity index (χ1v) is 12.2. The predicted molar refractivity (Wildman–Crippen MR) is 132 cm³/mol. The Hall–Kier alpha value is -3.30. The van der Waals surface area contributed by atoms with E-state index in [-0.39, 0.29) is 6.04 Å². The Morgan fingerprint density at radius 2 is 1.86 bits per heavy atom. The number of fused-ring (bicyclic) bond motifs is 2. The summed E-state index contributed by atoms with van der Waals surface area (Å²) in [6.45, 7) is 6.86. The van der Waals surface area contributed by atoms with E-state index in [9.17, 15) is 8.78 Å². The van der Waals surface area contributed by atoms with Gasteiger partial charge in [-0.2, -0.15) is 5.10 Å². The number of hydrogen-bond acceptors (Lipinski definition) is 5. The van der Waals surface area contributed by atoms with E-state index in [0.29, 0.717) is 22.8 Å². The van der Waals surface area contributed by atoms with Gasteiger partial charge in [0.05, 0.1) is 22.9 Å². The van der Waals surface area contributed by atoms with Crippen molar-refractivity contribution >= 4 is 16.6 Å². The van der Waals surface area contributed by atoms with Gasteiger partial charge in [-0.3, -0.25) is 9.58 Å². The zero-order chi connectivity index (χ0) is 24.1. The zero-order valence-corrected chi connectivity index (χ0v) is 19.7. The van der Waals surface area contributed by atoms with Crippen LogP contribution in [0.3, 0.4) is 0 Å². The molecule has 9 heteroatoms. The second kappa shape index (κ2) is 8.73. The maximum absolute atomic E-state index is 13.9. The summed E-state index contributed by atoms with van der Waals surface area (Å²) in [5, 5.41) is 9.15. The normalized spacial score (nSPS) is 17.8. The van der Waals surface area contributed by atoms with Gasteiger partial charge in [0, 0.05) is 36.8 Å². The third-order valence-corrected chi connectivity index (χ3v) is 7.28. The second-order valence-electron chi connectivity index (χ2n) is 9.82. The van der Waals surface area contributed by atoms with Gasteiger partial charge in [0.25, 0.3) is 0 Å². The monoisotopic (exact) mass is 477 g/mol. The van der Waals surface area contributed by atoms with Gasteiger partial charge in [-0.15, -0.1) is 0 Å². The van der Waals surface area contributed by atoms with Crippen LogP contribution < -0.4 is 11.1 Å². The molecule has 2 aliphatic heterocycles. The van der Waals surface area contributed by atoms with Crippen molar-refractivity contribution in [1.82, 2.24) is 30.0 Å². The fourth-order valence-electron chi connectivity index (χ4n) is 5.46. The Morgan fingerprint density at radius 1 is 1.09 bits per heavy atom. The van der Waals surface area contributed by atoms with E-state index in [2.05, 4.69) is 15.2 Å². The van der Waals surface area contributed by atoms with Crippen molar-refractivity contribution in [3.8, 4) is 11.5 Å². The number of aromatic amines is 1. The maximum Gasteiger partial charge on any atom is 0.159 e. The molecule has 6 rings (SSSR count). The number of nitrogens with zero attached hydrogens (tertiary/aromatic N) is 4. The summed E-state index contributed by atoms with van der Waals surface area (Å²) in [7, 11) is 0. The third-order valence-electron chi connectivity index (χ3n) is 7.28. The molecule has 0 amide bonds. The Balaban J connectivity index is 1.32. The number of nitrogen functional groups attached to an aromatic ring is 1. The Morgan fingerprint density at radius 3 is 2.60 bits per heavy atom. The molecule has 4 N–H and O–H groups in total. The molecule has 1 atom stereocenters. The van der Waals surface area contributed by atoms with Gasteiger partial charge in [0.2, 0.25) is 0 Å². The first kappa shape index (κ1) is 22.2. The fourth-order valence-corrected chi connectivity index (χ4v) is 5.46. The van der Waals surface area contributed by atoms with Crippen LogP contribution in [0.2, 0.25) is 0 Å². The average molecular weight is 478 g/mol. The molecule has 1 unspecified atom stereocenters. The molecule has 0 bridgehead atoms. The highest BCUT2D eigenvalue weighted by Gasteiger charge is 2.28. The number of imidazole rings is 1. The average Bonchev–Trinajstić information content (AvgIpc) is 3.49. The molecular weight excluding hydrogens is 448 g/mol. The lowest BCUT2D eigenvalue weighted by Crippen LogP contribution is -2.34. The van der Waals surface area contributed by atoms with Gasteiger partial charge in [-0.1, -0.05) is 0 Å². The van der Waals surface area contributed by atoms with Crippen molar-refractivity contribution in [2.75, 3.05) is 25.4 Å². The molecule has 35 heavy (non-hydrogen) atoms. The number of nitrogens with one attached hydrogen (secondary N) is 2. The number of nitrogens with two attached hydrogens (primary N) is 1. The lowest BCUT2D eigenvalue weighted by Gasteiger charge is -2.27. The van der Waals surface area contributed by atoms with Crippen molar-refractivity contribution in [1.29, 1.82) is 0 Å². The van der Waals surface area contributed by atoms with Gasteiger partial charge in [-0.05, 0) is 74.7 Å². The van der Waals surface area contributed by atoms with Crippen LogP contribution in [0, 0.1) is 17.6 Å². The van der Waals surface area contributed by atoms with Crippen LogP contribution in [0.4, 0.5) is 14.5 Å². The molecule has 0 saturated carbocycles. The minimum absolute atomic E-state index is 0.387. The largest absolute Gasteiger partial charge is 0.399 e. The van der Waals surface area contributed by atoms with E-state index in [1.807, 2.05) is 25.1 Å². The third kappa shape index (κ3) is 4.19. The maximum atomic E-state index is 13.9. The fraction of sp³-hybridized carbons (Fsp3) is 0.385. The number of hydrogen-bond donors (Lipinski definition) is 3. The highest BCUT2D eigenvalue weighted by Crippen LogP contribution is 2.34. The summed E-state index contributed by atoms with van der Waals surface area (Å²) in [5.41, 5.74) is 10.9. The Labute approximate surface area is 202 Å². The molecule has 182 valence electrons. The molecule has 2 aromatic heterocycles. The van der Waals surface area contributed by atoms with Gasteiger partial charge in [0.15, 0.2) is 5.82 Å². The number of rotatable bonds is 5. The Kier molecular flexibility index (Phi) is 5.53. The number of halogens is 2. The molecule has 2 aromatic carbocycles. The molecule has 0 aliphatic carbocycles. The quantitative estimate of drug-likeness (QED) is 0.375. The van der Waals surface area contributed by atoms with Gasteiger partial charge in [0.1, 0.15) is 17.3 Å². The van der Waals surface area contributed by atoms with Gasteiger partial charge >= 0.3 is 0 Å². The first-order valence-electron chi connectivity index (χ1n) is 12.2. The van der Waals surface area contributed by atoms with E-state index in [0.717, 1.165) is 67.0 Å². The van der Waals surface area contributed by atoms with Crippen molar-refractivity contribution in [2.45, 2.75) is 38.9 Å². The summed E-state index contributed by atoms with van der Waals surface area (Å²) in [6, 6.07) is 8.76. The van der Waals surface area contributed by atoms with E-state index in [4.69, 9.17) is 15.8 Å². The van der Waals surface area contributed by atoms with E-state index in [1.54, 1.807) is 4.68 Å². The number of benzene rings is 2. The topological polar surface area (TPSA) is 87.8 Å². The van der Waals surface area contributed by atoms with Crippen molar-refractivity contribution in [3.05, 3.63) is 65.0 Å². The van der Waals surface area contributed by atoms with E-state index in [1.165, 1.54) is 25.0 Å². The minimum Gasteiger partial charge on any atom is -0.399 e. The summed E-state index contributed by atoms with van der Waals surface area (Å²) < 4.78 is 29.6. The highest BCUT2D eigenvalue weighted by molar-refractivity contribution is 5.94. The van der Waals surface area contributed by atoms with Crippen molar-refractivity contribution < 1.29 is 8.78 Å². The summed E-state index contributed by atoms with van der Waals surface area (Å²) >= 11 is 0. The molecule has 0 spiro atoms. The number of H-pyrrole nitrogens is 1. The molecule has 4 aromatic rings. The predicted octanol–water partition coefficient (Wildman–Crippen LogP) is 4.21. The van der Waals surface area contributed by atoms with E-state index < -0.39 is 11.6 Å². The Bertz CT molecular complexity index is 1340. The zero-order valence-electron chi connectivity index (χ0n) is 19.7. The molecule has 7 nitrogen and oxygen atoms in total. The van der Waals surface area contributed by atoms with Crippen molar-refractivity contribution in [3.63, 3.8) is 0 Å². The van der Waals surface area contributed by atoms with Crippen LogP contribution in [-0.4, -0.2) is 44.3 Å². The number of aromatic nitrogens is 4. The van der Waals surface area contributed by atoms with Crippen LogP contribution in [0.25, 0.3) is 22.4 Å².